The molecular formula is C26H43N3O4. The molecule has 0 aromatic carbocycles. The van der Waals surface area contributed by atoms with Crippen molar-refractivity contribution in [3.8, 4) is 0 Å². The predicted molar refractivity (Wildman–Crippen MR) is 128 cm³/mol. The monoisotopic (exact) mass is 461 g/mol. The lowest BCUT2D eigenvalue weighted by Gasteiger charge is -2.37. The van der Waals surface area contributed by atoms with E-state index in [0.29, 0.717) is 0 Å². The number of rotatable bonds is 9. The van der Waals surface area contributed by atoms with Gasteiger partial charge in [0.2, 0.25) is 17.7 Å². The fourth-order valence-corrected chi connectivity index (χ4v) is 6.28. The number of likely N-dealkylation sites (tertiary alicyclic amines) is 1. The van der Waals surface area contributed by atoms with Crippen LogP contribution in [0.25, 0.3) is 0 Å². The molecule has 7 heteroatoms. The first-order chi connectivity index (χ1) is 15.9. The second-order valence-corrected chi connectivity index (χ2v) is 10.2. The number of aliphatic hydroxyl groups excluding tert-OH is 1. The summed E-state index contributed by atoms with van der Waals surface area (Å²) in [6.07, 6.45) is 11.9. The molecule has 2 aliphatic carbocycles. The topological polar surface area (TPSA) is 98.7 Å². The van der Waals surface area contributed by atoms with Gasteiger partial charge in [-0.15, -0.1) is 0 Å². The number of amides is 3. The molecule has 7 atom stereocenters. The molecule has 0 radical (unpaired) electrons. The molecule has 1 aliphatic heterocycles. The summed E-state index contributed by atoms with van der Waals surface area (Å²) < 4.78 is 0. The lowest BCUT2D eigenvalue weighted by Crippen LogP contribution is -2.55. The van der Waals surface area contributed by atoms with Crippen LogP contribution in [0.3, 0.4) is 0 Å². The number of nitrogens with one attached hydrogen (secondary N) is 2. The van der Waals surface area contributed by atoms with E-state index in [1.54, 1.807) is 11.9 Å². The summed E-state index contributed by atoms with van der Waals surface area (Å²) in [5.41, 5.74) is 0. The number of hydrogen-bond acceptors (Lipinski definition) is 4. The van der Waals surface area contributed by atoms with E-state index < -0.39 is 23.9 Å². The van der Waals surface area contributed by atoms with Crippen molar-refractivity contribution < 1.29 is 19.5 Å². The van der Waals surface area contributed by atoms with Gasteiger partial charge in [0.25, 0.3) is 0 Å². The van der Waals surface area contributed by atoms with Crippen LogP contribution in [0.5, 0.6) is 0 Å². The van der Waals surface area contributed by atoms with Crippen LogP contribution in [0.15, 0.2) is 12.2 Å². The van der Waals surface area contributed by atoms with E-state index in [2.05, 4.69) is 23.6 Å². The molecule has 2 fully saturated rings. The van der Waals surface area contributed by atoms with Crippen molar-refractivity contribution >= 4 is 17.7 Å². The van der Waals surface area contributed by atoms with Crippen LogP contribution >= 0.6 is 0 Å². The van der Waals surface area contributed by atoms with E-state index in [4.69, 9.17) is 0 Å². The Bertz CT molecular complexity index is 733. The molecule has 3 amide bonds. The third kappa shape index (κ3) is 5.13. The van der Waals surface area contributed by atoms with Gasteiger partial charge in [0.05, 0.1) is 24.5 Å². The summed E-state index contributed by atoms with van der Waals surface area (Å²) in [5, 5.41) is 16.3. The molecule has 3 N–H and O–H groups in total. The van der Waals surface area contributed by atoms with E-state index in [1.165, 1.54) is 6.42 Å². The Hall–Kier alpha value is -1.89. The minimum Gasteiger partial charge on any atom is -0.394 e. The minimum absolute atomic E-state index is 0.0293. The van der Waals surface area contributed by atoms with Crippen molar-refractivity contribution in [1.82, 2.24) is 15.5 Å². The maximum absolute atomic E-state index is 14.0. The Morgan fingerprint density at radius 1 is 1.15 bits per heavy atom. The van der Waals surface area contributed by atoms with Crippen molar-refractivity contribution in [3.05, 3.63) is 12.2 Å². The van der Waals surface area contributed by atoms with Crippen LogP contribution < -0.4 is 10.6 Å². The van der Waals surface area contributed by atoms with E-state index >= 15 is 0 Å². The van der Waals surface area contributed by atoms with Crippen molar-refractivity contribution in [2.45, 2.75) is 90.3 Å². The van der Waals surface area contributed by atoms with Crippen LogP contribution in [-0.4, -0.2) is 59.5 Å². The van der Waals surface area contributed by atoms with E-state index in [0.717, 1.165) is 44.9 Å². The predicted octanol–water partition coefficient (Wildman–Crippen LogP) is 2.63. The van der Waals surface area contributed by atoms with Crippen molar-refractivity contribution in [1.29, 1.82) is 0 Å². The van der Waals surface area contributed by atoms with Gasteiger partial charge in [0.15, 0.2) is 0 Å². The van der Waals surface area contributed by atoms with Gasteiger partial charge in [-0.3, -0.25) is 14.4 Å². The number of allylic oxidation sites excluding steroid dienone is 1. The third-order valence-corrected chi connectivity index (χ3v) is 8.28. The molecule has 33 heavy (non-hydrogen) atoms. The number of nitrogens with zero attached hydrogens (tertiary/aromatic N) is 1. The first kappa shape index (κ1) is 25.7. The van der Waals surface area contributed by atoms with Crippen LogP contribution in [0.2, 0.25) is 0 Å². The standard InChI is InChI=1S/C26H43N3O4/c1-5-10-17-13-14-19-22(21(17)24(31)27-4)26(33)29(20(15-30)16(3)6-2)23(19)25(32)28-18-11-8-7-9-12-18/h13-14,16-23,30H,5-12,15H2,1-4H3,(H,27,31)(H,28,32)/t16-,17+,19-,20-,21+,22+,23-/m0/s1. The first-order valence-corrected chi connectivity index (χ1v) is 13.0. The number of aliphatic hydroxyl groups is 1. The normalized spacial score (nSPS) is 31.7. The maximum atomic E-state index is 14.0. The molecule has 0 aromatic rings. The second-order valence-electron chi connectivity index (χ2n) is 10.2. The maximum Gasteiger partial charge on any atom is 0.243 e. The van der Waals surface area contributed by atoms with Gasteiger partial charge in [-0.1, -0.05) is 65.0 Å². The molecule has 0 aromatic heterocycles. The van der Waals surface area contributed by atoms with E-state index in [1.807, 2.05) is 19.9 Å². The zero-order valence-corrected chi connectivity index (χ0v) is 20.8. The van der Waals surface area contributed by atoms with Crippen LogP contribution in [0, 0.1) is 29.6 Å². The van der Waals surface area contributed by atoms with Gasteiger partial charge < -0.3 is 20.6 Å². The molecule has 3 rings (SSSR count). The summed E-state index contributed by atoms with van der Waals surface area (Å²) in [6.45, 7) is 5.93. The molecule has 7 nitrogen and oxygen atoms in total. The molecule has 1 saturated heterocycles. The fraction of sp³-hybridized carbons (Fsp3) is 0.808. The molecule has 1 saturated carbocycles. The average Bonchev–Trinajstić information content (AvgIpc) is 3.12. The third-order valence-electron chi connectivity index (χ3n) is 8.28. The summed E-state index contributed by atoms with van der Waals surface area (Å²) >= 11 is 0. The highest BCUT2D eigenvalue weighted by atomic mass is 16.3. The summed E-state index contributed by atoms with van der Waals surface area (Å²) in [6, 6.07) is -1.01. The molecule has 3 aliphatic rings. The smallest absolute Gasteiger partial charge is 0.243 e. The fourth-order valence-electron chi connectivity index (χ4n) is 6.28. The van der Waals surface area contributed by atoms with E-state index in [-0.39, 0.29) is 48.1 Å². The SMILES string of the molecule is CCC[C@@H]1C=C[C@H]2[C@@H](C(=O)N([C@@H](CO)[C@@H](C)CC)[C@@H]2C(=O)NC2CCCCC2)[C@@H]1C(=O)NC. The Balaban J connectivity index is 2.00. The summed E-state index contributed by atoms with van der Waals surface area (Å²) in [4.78, 5) is 42.3. The molecule has 0 unspecified atom stereocenters. The highest BCUT2D eigenvalue weighted by molar-refractivity contribution is 5.97. The Morgan fingerprint density at radius 2 is 1.85 bits per heavy atom. The number of carbonyl (C=O) groups is 3. The lowest BCUT2D eigenvalue weighted by atomic mass is 9.68. The summed E-state index contributed by atoms with van der Waals surface area (Å²) in [5.74, 6) is -1.87. The Kier molecular flexibility index (Phi) is 8.96. The number of hydrogen-bond donors (Lipinski definition) is 3. The van der Waals surface area contributed by atoms with Crippen molar-refractivity contribution in [2.24, 2.45) is 29.6 Å². The minimum atomic E-state index is -0.693. The van der Waals surface area contributed by atoms with Gasteiger partial charge >= 0.3 is 0 Å². The number of fused-ring (bicyclic) bond motifs is 1. The van der Waals surface area contributed by atoms with E-state index in [9.17, 15) is 19.5 Å². The van der Waals surface area contributed by atoms with Crippen LogP contribution in [0.4, 0.5) is 0 Å². The average molecular weight is 462 g/mol. The zero-order chi connectivity index (χ0) is 24.1. The van der Waals surface area contributed by atoms with Gasteiger partial charge in [0, 0.05) is 19.0 Å². The molecule has 186 valence electrons. The molecular weight excluding hydrogens is 418 g/mol. The first-order valence-electron chi connectivity index (χ1n) is 13.0. The summed E-state index contributed by atoms with van der Waals surface area (Å²) in [7, 11) is 1.61. The van der Waals surface area contributed by atoms with Gasteiger partial charge in [-0.2, -0.15) is 0 Å². The highest BCUT2D eigenvalue weighted by Crippen LogP contribution is 2.46. The van der Waals surface area contributed by atoms with Crippen molar-refractivity contribution in [2.75, 3.05) is 13.7 Å². The molecule has 0 spiro atoms. The van der Waals surface area contributed by atoms with Gasteiger partial charge in [-0.25, -0.2) is 0 Å². The van der Waals surface area contributed by atoms with Gasteiger partial charge in [0.1, 0.15) is 6.04 Å². The highest BCUT2D eigenvalue weighted by Gasteiger charge is 2.58. The second kappa shape index (κ2) is 11.5. The number of carbonyl (C=O) groups excluding carboxylic acids is 3. The Labute approximate surface area is 198 Å². The largest absolute Gasteiger partial charge is 0.394 e. The Morgan fingerprint density at radius 3 is 2.42 bits per heavy atom. The van der Waals surface area contributed by atoms with Crippen molar-refractivity contribution in [3.63, 3.8) is 0 Å². The van der Waals surface area contributed by atoms with Crippen LogP contribution in [0.1, 0.15) is 72.1 Å². The quantitative estimate of drug-likeness (QED) is 0.460. The van der Waals surface area contributed by atoms with Gasteiger partial charge in [-0.05, 0) is 31.1 Å². The van der Waals surface area contributed by atoms with Crippen LogP contribution in [-0.2, 0) is 14.4 Å². The lowest BCUT2D eigenvalue weighted by molar-refractivity contribution is -0.144. The molecule has 0 bridgehead atoms. The zero-order valence-electron chi connectivity index (χ0n) is 20.8. The molecule has 1 heterocycles.